The number of ether oxygens (including phenoxy) is 1. The van der Waals surface area contributed by atoms with Crippen molar-refractivity contribution < 1.29 is 22.7 Å². The van der Waals surface area contributed by atoms with Gasteiger partial charge in [0, 0.05) is 11.8 Å². The number of halogens is 3. The molecule has 0 spiro atoms. The maximum absolute atomic E-state index is 12.8. The van der Waals surface area contributed by atoms with Gasteiger partial charge < -0.3 is 15.0 Å². The first-order valence-electron chi connectivity index (χ1n) is 8.71. The Labute approximate surface area is 164 Å². The van der Waals surface area contributed by atoms with E-state index >= 15 is 0 Å². The number of aromatic nitrogens is 1. The van der Waals surface area contributed by atoms with Crippen LogP contribution in [0.25, 0.3) is 11.1 Å². The predicted molar refractivity (Wildman–Crippen MR) is 103 cm³/mol. The molecule has 5 nitrogen and oxygen atoms in total. The molecule has 0 fully saturated rings. The maximum Gasteiger partial charge on any atom is 0.417 e. The Bertz CT molecular complexity index is 1050. The van der Waals surface area contributed by atoms with Crippen LogP contribution in [0.5, 0.6) is 5.75 Å². The van der Waals surface area contributed by atoms with E-state index in [1.54, 1.807) is 12.1 Å². The van der Waals surface area contributed by atoms with Gasteiger partial charge in [-0.05, 0) is 17.7 Å². The van der Waals surface area contributed by atoms with Crippen LogP contribution in [0, 0.1) is 0 Å². The second-order valence-corrected chi connectivity index (χ2v) is 6.14. The molecule has 3 aromatic rings. The fourth-order valence-electron chi connectivity index (χ4n) is 2.66. The van der Waals surface area contributed by atoms with Crippen molar-refractivity contribution in [2.45, 2.75) is 12.6 Å². The number of anilines is 1. The third-order valence-electron chi connectivity index (χ3n) is 4.06. The summed E-state index contributed by atoms with van der Waals surface area (Å²) in [5.41, 5.74) is -0.539. The van der Waals surface area contributed by atoms with E-state index in [0.29, 0.717) is 18.0 Å². The molecule has 150 valence electrons. The molecule has 0 atom stereocenters. The highest BCUT2D eigenvalue weighted by Crippen LogP contribution is 2.30. The van der Waals surface area contributed by atoms with Crippen LogP contribution in [0.15, 0.2) is 71.7 Å². The van der Waals surface area contributed by atoms with E-state index in [4.69, 9.17) is 4.74 Å². The topological polar surface area (TPSA) is 71.2 Å². The normalized spacial score (nSPS) is 11.1. The Kier molecular flexibility index (Phi) is 6.01. The number of aromatic amines is 1. The molecule has 1 amide bonds. The quantitative estimate of drug-likeness (QED) is 0.639. The largest absolute Gasteiger partial charge is 0.492 e. The number of benzene rings is 2. The minimum atomic E-state index is -4.63. The number of hydrogen-bond acceptors (Lipinski definition) is 3. The average molecular weight is 402 g/mol. The number of rotatable bonds is 6. The highest BCUT2D eigenvalue weighted by molar-refractivity contribution is 5.90. The molecule has 0 saturated carbocycles. The molecule has 2 aromatic carbocycles. The van der Waals surface area contributed by atoms with Gasteiger partial charge in [0.25, 0.3) is 5.56 Å². The van der Waals surface area contributed by atoms with Crippen LogP contribution >= 0.6 is 0 Å². The first-order chi connectivity index (χ1) is 13.8. The first kappa shape index (κ1) is 20.2. The molecule has 1 heterocycles. The molecular formula is C21H17F3N2O3. The highest BCUT2D eigenvalue weighted by Gasteiger charge is 2.31. The SMILES string of the molecule is O=C(CCOc1ccccc1-c1ccccc1)Nc1cc(C(F)(F)F)c[nH]c1=O. The lowest BCUT2D eigenvalue weighted by Crippen LogP contribution is -2.22. The average Bonchev–Trinajstić information content (AvgIpc) is 2.70. The van der Waals surface area contributed by atoms with Gasteiger partial charge in [-0.15, -0.1) is 0 Å². The fourth-order valence-corrected chi connectivity index (χ4v) is 2.66. The minimum absolute atomic E-state index is 0.00739. The molecule has 0 saturated heterocycles. The zero-order valence-electron chi connectivity index (χ0n) is 15.1. The van der Waals surface area contributed by atoms with E-state index < -0.39 is 28.9 Å². The Morgan fingerprint density at radius 3 is 2.45 bits per heavy atom. The van der Waals surface area contributed by atoms with Crippen LogP contribution in [0.3, 0.4) is 0 Å². The van der Waals surface area contributed by atoms with E-state index in [-0.39, 0.29) is 13.0 Å². The molecule has 0 aliphatic heterocycles. The lowest BCUT2D eigenvalue weighted by Gasteiger charge is -2.12. The number of amides is 1. The molecule has 0 aliphatic rings. The smallest absolute Gasteiger partial charge is 0.417 e. The standard InChI is InChI=1S/C21H17F3N2O3/c22-21(23,24)15-12-17(20(28)25-13-15)26-19(27)10-11-29-18-9-5-4-8-16(18)14-6-2-1-3-7-14/h1-9,12-13H,10-11H2,(H,25,28)(H,26,27). The van der Waals surface area contributed by atoms with Gasteiger partial charge in [-0.1, -0.05) is 48.5 Å². The third kappa shape index (κ3) is 5.25. The van der Waals surface area contributed by atoms with E-state index in [2.05, 4.69) is 5.32 Å². The summed E-state index contributed by atoms with van der Waals surface area (Å²) >= 11 is 0. The summed E-state index contributed by atoms with van der Waals surface area (Å²) in [7, 11) is 0. The lowest BCUT2D eigenvalue weighted by atomic mass is 10.1. The van der Waals surface area contributed by atoms with Gasteiger partial charge in [-0.3, -0.25) is 9.59 Å². The second-order valence-electron chi connectivity index (χ2n) is 6.14. The van der Waals surface area contributed by atoms with Crippen molar-refractivity contribution in [2.75, 3.05) is 11.9 Å². The van der Waals surface area contributed by atoms with Gasteiger partial charge in [-0.25, -0.2) is 0 Å². The zero-order valence-corrected chi connectivity index (χ0v) is 15.1. The van der Waals surface area contributed by atoms with Crippen molar-refractivity contribution in [3.8, 4) is 16.9 Å². The Morgan fingerprint density at radius 2 is 1.72 bits per heavy atom. The Hall–Kier alpha value is -3.55. The summed E-state index contributed by atoms with van der Waals surface area (Å²) in [6.45, 7) is -0.00739. The van der Waals surface area contributed by atoms with Gasteiger partial charge in [0.05, 0.1) is 18.6 Å². The van der Waals surface area contributed by atoms with Crippen LogP contribution in [0.2, 0.25) is 0 Å². The van der Waals surface area contributed by atoms with Crippen LogP contribution in [0.1, 0.15) is 12.0 Å². The summed E-state index contributed by atoms with van der Waals surface area (Å²) in [6.07, 6.45) is -4.21. The van der Waals surface area contributed by atoms with E-state index in [1.165, 1.54) is 0 Å². The molecule has 2 N–H and O–H groups in total. The number of para-hydroxylation sites is 1. The second kappa shape index (κ2) is 8.64. The summed E-state index contributed by atoms with van der Waals surface area (Å²) in [5.74, 6) is -0.0598. The number of carbonyl (C=O) groups excluding carboxylic acids is 1. The summed E-state index contributed by atoms with van der Waals surface area (Å²) < 4.78 is 43.9. The molecule has 0 radical (unpaired) electrons. The van der Waals surface area contributed by atoms with E-state index in [0.717, 1.165) is 11.1 Å². The van der Waals surface area contributed by atoms with Gasteiger partial charge in [0.2, 0.25) is 5.91 Å². The first-order valence-corrected chi connectivity index (χ1v) is 8.71. The van der Waals surface area contributed by atoms with Gasteiger partial charge in [0.1, 0.15) is 11.4 Å². The fraction of sp³-hybridized carbons (Fsp3) is 0.143. The number of pyridine rings is 1. The van der Waals surface area contributed by atoms with Crippen molar-refractivity contribution in [2.24, 2.45) is 0 Å². The minimum Gasteiger partial charge on any atom is -0.492 e. The number of hydrogen-bond donors (Lipinski definition) is 2. The molecule has 0 unspecified atom stereocenters. The molecule has 0 aliphatic carbocycles. The van der Waals surface area contributed by atoms with Crippen LogP contribution in [0.4, 0.5) is 18.9 Å². The van der Waals surface area contributed by atoms with Gasteiger partial charge >= 0.3 is 6.18 Å². The van der Waals surface area contributed by atoms with E-state index in [1.807, 2.05) is 47.4 Å². The predicted octanol–water partition coefficient (Wildman–Crippen LogP) is 4.47. The molecule has 3 rings (SSSR count). The van der Waals surface area contributed by atoms with Crippen LogP contribution < -0.4 is 15.6 Å². The molecule has 8 heteroatoms. The molecule has 29 heavy (non-hydrogen) atoms. The van der Waals surface area contributed by atoms with E-state index in [9.17, 15) is 22.8 Å². The number of alkyl halides is 3. The third-order valence-corrected chi connectivity index (χ3v) is 4.06. The number of nitrogens with one attached hydrogen (secondary N) is 2. The molecule has 1 aromatic heterocycles. The summed E-state index contributed by atoms with van der Waals surface area (Å²) in [5, 5.41) is 2.19. The van der Waals surface area contributed by atoms with Gasteiger partial charge in [0.15, 0.2) is 0 Å². The van der Waals surface area contributed by atoms with Gasteiger partial charge in [-0.2, -0.15) is 13.2 Å². The highest BCUT2D eigenvalue weighted by atomic mass is 19.4. The van der Waals surface area contributed by atoms with Crippen molar-refractivity contribution in [3.05, 3.63) is 82.8 Å². The molecule has 0 bridgehead atoms. The van der Waals surface area contributed by atoms with Crippen LogP contribution in [-0.2, 0) is 11.0 Å². The number of carbonyl (C=O) groups is 1. The Balaban J connectivity index is 1.63. The van der Waals surface area contributed by atoms with Crippen molar-refractivity contribution >= 4 is 11.6 Å². The summed E-state index contributed by atoms with van der Waals surface area (Å²) in [6, 6.07) is 17.4. The van der Waals surface area contributed by atoms with Crippen molar-refractivity contribution in [1.82, 2.24) is 4.98 Å². The van der Waals surface area contributed by atoms with Crippen molar-refractivity contribution in [3.63, 3.8) is 0 Å². The monoisotopic (exact) mass is 402 g/mol. The lowest BCUT2D eigenvalue weighted by molar-refractivity contribution is -0.137. The number of H-pyrrole nitrogens is 1. The van der Waals surface area contributed by atoms with Crippen molar-refractivity contribution in [1.29, 1.82) is 0 Å². The maximum atomic E-state index is 12.8. The summed E-state index contributed by atoms with van der Waals surface area (Å²) in [4.78, 5) is 25.7. The molecular weight excluding hydrogens is 385 g/mol. The van der Waals surface area contributed by atoms with Crippen LogP contribution in [-0.4, -0.2) is 17.5 Å². The zero-order chi connectivity index (χ0) is 20.9. The Morgan fingerprint density at radius 1 is 1.03 bits per heavy atom.